The van der Waals surface area contributed by atoms with Crippen LogP contribution in [0, 0.1) is 11.6 Å². The molecule has 5 nitrogen and oxygen atoms in total. The molecule has 0 aliphatic carbocycles. The molecular formula is C20H21F2N5. The van der Waals surface area contributed by atoms with Gasteiger partial charge in [-0.25, -0.2) is 13.5 Å². The fourth-order valence-corrected chi connectivity index (χ4v) is 2.58. The van der Waals surface area contributed by atoms with E-state index in [9.17, 15) is 8.78 Å². The number of aromatic nitrogens is 2. The molecular weight excluding hydrogens is 348 g/mol. The highest BCUT2D eigenvalue weighted by Gasteiger charge is 2.04. The second-order valence-electron chi connectivity index (χ2n) is 5.92. The van der Waals surface area contributed by atoms with Gasteiger partial charge in [-0.2, -0.15) is 5.10 Å². The minimum atomic E-state index is -0.274. The Labute approximate surface area is 156 Å². The molecule has 3 rings (SSSR count). The molecule has 0 radical (unpaired) electrons. The Morgan fingerprint density at radius 2 is 1.81 bits per heavy atom. The van der Waals surface area contributed by atoms with Crippen LogP contribution in [0.5, 0.6) is 0 Å². The van der Waals surface area contributed by atoms with Gasteiger partial charge in [-0.1, -0.05) is 18.2 Å². The van der Waals surface area contributed by atoms with Crippen molar-refractivity contribution in [2.45, 2.75) is 13.0 Å². The van der Waals surface area contributed by atoms with Crippen molar-refractivity contribution in [3.05, 3.63) is 83.7 Å². The quantitative estimate of drug-likeness (QED) is 0.519. The predicted molar refractivity (Wildman–Crippen MR) is 102 cm³/mol. The number of hydrogen-bond donors (Lipinski definition) is 2. The lowest BCUT2D eigenvalue weighted by Crippen LogP contribution is -2.38. The van der Waals surface area contributed by atoms with Gasteiger partial charge in [-0.3, -0.25) is 4.99 Å². The number of aliphatic imine (C=N–C) groups is 1. The van der Waals surface area contributed by atoms with E-state index in [1.807, 2.05) is 12.3 Å². The van der Waals surface area contributed by atoms with E-state index in [0.717, 1.165) is 11.4 Å². The molecule has 3 aromatic rings. The molecule has 0 amide bonds. The maximum atomic E-state index is 13.7. The molecule has 0 aliphatic heterocycles. The third-order valence-corrected chi connectivity index (χ3v) is 4.04. The molecule has 7 heteroatoms. The van der Waals surface area contributed by atoms with Crippen LogP contribution in [0.4, 0.5) is 8.78 Å². The van der Waals surface area contributed by atoms with Gasteiger partial charge in [-0.15, -0.1) is 0 Å². The molecule has 0 spiro atoms. The van der Waals surface area contributed by atoms with E-state index in [1.165, 1.54) is 18.2 Å². The monoisotopic (exact) mass is 369 g/mol. The first-order chi connectivity index (χ1) is 13.2. The number of benzene rings is 2. The lowest BCUT2D eigenvalue weighted by Gasteiger charge is -2.11. The van der Waals surface area contributed by atoms with Crippen LogP contribution < -0.4 is 10.6 Å². The highest BCUT2D eigenvalue weighted by molar-refractivity contribution is 5.79. The first kappa shape index (κ1) is 18.6. The Kier molecular flexibility index (Phi) is 6.14. The van der Waals surface area contributed by atoms with Crippen molar-refractivity contribution in [3.8, 4) is 5.69 Å². The lowest BCUT2D eigenvalue weighted by atomic mass is 10.2. The van der Waals surface area contributed by atoms with Crippen LogP contribution in [0.3, 0.4) is 0 Å². The molecule has 0 unspecified atom stereocenters. The van der Waals surface area contributed by atoms with Gasteiger partial charge in [0.25, 0.3) is 0 Å². The molecule has 27 heavy (non-hydrogen) atoms. The van der Waals surface area contributed by atoms with Crippen molar-refractivity contribution in [1.82, 2.24) is 20.4 Å². The van der Waals surface area contributed by atoms with E-state index < -0.39 is 0 Å². The molecule has 140 valence electrons. The number of hydrogen-bond acceptors (Lipinski definition) is 2. The number of guanidine groups is 1. The minimum Gasteiger partial charge on any atom is -0.356 e. The van der Waals surface area contributed by atoms with Crippen LogP contribution in [0.15, 0.2) is 65.8 Å². The van der Waals surface area contributed by atoms with Gasteiger partial charge in [0.15, 0.2) is 5.96 Å². The zero-order valence-electron chi connectivity index (χ0n) is 15.0. The third-order valence-electron chi connectivity index (χ3n) is 4.04. The summed E-state index contributed by atoms with van der Waals surface area (Å²) in [4.78, 5) is 4.14. The second-order valence-corrected chi connectivity index (χ2v) is 5.92. The molecule has 0 saturated carbocycles. The maximum Gasteiger partial charge on any atom is 0.191 e. The summed E-state index contributed by atoms with van der Waals surface area (Å²) in [5, 5.41) is 10.8. The summed E-state index contributed by atoms with van der Waals surface area (Å²) in [7, 11) is 1.67. The van der Waals surface area contributed by atoms with E-state index in [0.29, 0.717) is 31.0 Å². The number of rotatable bonds is 6. The third kappa shape index (κ3) is 5.13. The van der Waals surface area contributed by atoms with Crippen molar-refractivity contribution in [2.75, 3.05) is 13.6 Å². The molecule has 1 aromatic heterocycles. The first-order valence-electron chi connectivity index (χ1n) is 8.64. The first-order valence-corrected chi connectivity index (χ1v) is 8.64. The maximum absolute atomic E-state index is 13.7. The van der Waals surface area contributed by atoms with E-state index >= 15 is 0 Å². The van der Waals surface area contributed by atoms with Gasteiger partial charge < -0.3 is 10.6 Å². The van der Waals surface area contributed by atoms with Gasteiger partial charge in [0.1, 0.15) is 11.6 Å². The Morgan fingerprint density at radius 3 is 2.56 bits per heavy atom. The van der Waals surface area contributed by atoms with Crippen LogP contribution in [0.25, 0.3) is 5.69 Å². The lowest BCUT2D eigenvalue weighted by molar-refractivity contribution is 0.604. The fraction of sp³-hybridized carbons (Fsp3) is 0.200. The zero-order chi connectivity index (χ0) is 19.1. The fourth-order valence-electron chi connectivity index (χ4n) is 2.58. The summed E-state index contributed by atoms with van der Waals surface area (Å²) in [6.45, 7) is 0.975. The largest absolute Gasteiger partial charge is 0.356 e. The summed E-state index contributed by atoms with van der Waals surface area (Å²) in [5.41, 5.74) is 2.29. The molecule has 1 heterocycles. The molecule has 0 saturated heterocycles. The normalized spacial score (nSPS) is 11.4. The Morgan fingerprint density at radius 1 is 1.04 bits per heavy atom. The van der Waals surface area contributed by atoms with Gasteiger partial charge in [-0.05, 0) is 36.4 Å². The molecule has 2 aromatic carbocycles. The zero-order valence-corrected chi connectivity index (χ0v) is 15.0. The van der Waals surface area contributed by atoms with Gasteiger partial charge in [0, 0.05) is 38.3 Å². The van der Waals surface area contributed by atoms with Gasteiger partial charge in [0.05, 0.1) is 11.4 Å². The van der Waals surface area contributed by atoms with Crippen molar-refractivity contribution in [3.63, 3.8) is 0 Å². The van der Waals surface area contributed by atoms with E-state index in [1.54, 1.807) is 42.1 Å². The van der Waals surface area contributed by atoms with Crippen LogP contribution in [-0.2, 0) is 13.0 Å². The van der Waals surface area contributed by atoms with Crippen LogP contribution in [0.1, 0.15) is 11.3 Å². The minimum absolute atomic E-state index is 0.244. The van der Waals surface area contributed by atoms with Crippen molar-refractivity contribution < 1.29 is 8.78 Å². The van der Waals surface area contributed by atoms with E-state index in [2.05, 4.69) is 20.7 Å². The van der Waals surface area contributed by atoms with Crippen LogP contribution in [0.2, 0.25) is 0 Å². The summed E-state index contributed by atoms with van der Waals surface area (Å²) < 4.78 is 28.4. The Bertz CT molecular complexity index is 903. The van der Waals surface area contributed by atoms with Crippen molar-refractivity contribution >= 4 is 5.96 Å². The summed E-state index contributed by atoms with van der Waals surface area (Å²) in [6.07, 6.45) is 2.53. The topological polar surface area (TPSA) is 54.2 Å². The van der Waals surface area contributed by atoms with E-state index in [-0.39, 0.29) is 11.6 Å². The second kappa shape index (κ2) is 8.93. The van der Waals surface area contributed by atoms with Gasteiger partial charge >= 0.3 is 0 Å². The number of nitrogens with zero attached hydrogens (tertiary/aromatic N) is 3. The summed E-state index contributed by atoms with van der Waals surface area (Å²) in [5.74, 6) is 0.0765. The standard InChI is InChI=1S/C20H21F2N5/c1-23-20(25-14-15-4-2-3-5-19(15)22)24-12-10-17-11-13-27(26-17)18-8-6-16(21)7-9-18/h2-9,11,13H,10,12,14H2,1H3,(H2,23,24,25). The van der Waals surface area contributed by atoms with Crippen molar-refractivity contribution in [1.29, 1.82) is 0 Å². The van der Waals surface area contributed by atoms with E-state index in [4.69, 9.17) is 0 Å². The number of nitrogens with one attached hydrogen (secondary N) is 2. The summed E-state index contributed by atoms with van der Waals surface area (Å²) >= 11 is 0. The van der Waals surface area contributed by atoms with Crippen LogP contribution >= 0.6 is 0 Å². The molecule has 2 N–H and O–H groups in total. The Balaban J connectivity index is 1.48. The summed E-state index contributed by atoms with van der Waals surface area (Å²) in [6, 6.07) is 14.7. The molecule has 0 aliphatic rings. The molecule has 0 fully saturated rings. The average molecular weight is 369 g/mol. The number of halogens is 2. The Hall–Kier alpha value is -3.22. The SMILES string of the molecule is CN=C(NCCc1ccn(-c2ccc(F)cc2)n1)NCc1ccccc1F. The highest BCUT2D eigenvalue weighted by atomic mass is 19.1. The molecule has 0 atom stereocenters. The highest BCUT2D eigenvalue weighted by Crippen LogP contribution is 2.09. The van der Waals surface area contributed by atoms with Crippen LogP contribution in [-0.4, -0.2) is 29.3 Å². The smallest absolute Gasteiger partial charge is 0.191 e. The van der Waals surface area contributed by atoms with Gasteiger partial charge in [0.2, 0.25) is 0 Å². The predicted octanol–water partition coefficient (Wildman–Crippen LogP) is 3.06. The average Bonchev–Trinajstić information content (AvgIpc) is 3.15. The van der Waals surface area contributed by atoms with Crippen molar-refractivity contribution in [2.24, 2.45) is 4.99 Å². The molecule has 0 bridgehead atoms.